The molecule has 1 fully saturated rings. The van der Waals surface area contributed by atoms with Gasteiger partial charge >= 0.3 is 0 Å². The molecule has 0 atom stereocenters. The molecule has 0 radical (unpaired) electrons. The zero-order valence-electron chi connectivity index (χ0n) is 10.4. The second-order valence-electron chi connectivity index (χ2n) is 3.83. The highest BCUT2D eigenvalue weighted by Crippen LogP contribution is 1.94. The van der Waals surface area contributed by atoms with Gasteiger partial charge in [-0.1, -0.05) is 0 Å². The summed E-state index contributed by atoms with van der Waals surface area (Å²) in [7, 11) is -2.27. The molecule has 1 heterocycles. The summed E-state index contributed by atoms with van der Waals surface area (Å²) >= 11 is 0. The van der Waals surface area contributed by atoms with Crippen molar-refractivity contribution in [3.05, 3.63) is 0 Å². The minimum atomic E-state index is -3.55. The Hall–Kier alpha value is -0.740. The van der Waals surface area contributed by atoms with Crippen LogP contribution in [-0.2, 0) is 19.7 Å². The number of rotatable bonds is 7. The van der Waals surface area contributed by atoms with Crippen molar-refractivity contribution in [3.63, 3.8) is 0 Å². The van der Waals surface area contributed by atoms with Gasteiger partial charge in [0.1, 0.15) is 0 Å². The third-order valence-electron chi connectivity index (χ3n) is 2.55. The second-order valence-corrected chi connectivity index (χ2v) is 5.54. The van der Waals surface area contributed by atoms with Gasteiger partial charge in [-0.2, -0.15) is 13.1 Å². The molecule has 0 aromatic rings. The molecular formula is C9H20N4O4S. The Kier molecular flexibility index (Phi) is 6.50. The van der Waals surface area contributed by atoms with Crippen LogP contribution < -0.4 is 14.8 Å². The summed E-state index contributed by atoms with van der Waals surface area (Å²) in [4.78, 5) is 13.5. The van der Waals surface area contributed by atoms with Crippen molar-refractivity contribution < 1.29 is 17.9 Å². The van der Waals surface area contributed by atoms with Gasteiger partial charge in [-0.05, 0) is 0 Å². The van der Waals surface area contributed by atoms with Crippen molar-refractivity contribution >= 4 is 16.1 Å². The fraction of sp³-hybridized carbons (Fsp3) is 0.889. The van der Waals surface area contributed by atoms with E-state index in [0.29, 0.717) is 6.54 Å². The minimum absolute atomic E-state index is 0.258. The molecular weight excluding hydrogens is 260 g/mol. The highest BCUT2D eigenvalue weighted by Gasteiger charge is 2.11. The second kappa shape index (κ2) is 7.64. The van der Waals surface area contributed by atoms with Gasteiger partial charge in [0.2, 0.25) is 5.91 Å². The first-order valence-electron chi connectivity index (χ1n) is 5.78. The van der Waals surface area contributed by atoms with Crippen LogP contribution in [0.2, 0.25) is 0 Å². The summed E-state index contributed by atoms with van der Waals surface area (Å²) in [5, 5.41) is 2.65. The molecule has 106 valence electrons. The number of ether oxygens (including phenoxy) is 1. The summed E-state index contributed by atoms with van der Waals surface area (Å²) in [6, 6.07) is 0. The van der Waals surface area contributed by atoms with Gasteiger partial charge in [0.15, 0.2) is 0 Å². The number of morpholine rings is 1. The Morgan fingerprint density at radius 1 is 1.33 bits per heavy atom. The van der Waals surface area contributed by atoms with E-state index >= 15 is 0 Å². The molecule has 0 aliphatic carbocycles. The zero-order chi connectivity index (χ0) is 13.4. The number of carbonyl (C=O) groups excluding carboxylic acids is 1. The molecule has 18 heavy (non-hydrogen) atoms. The van der Waals surface area contributed by atoms with E-state index in [1.54, 1.807) is 0 Å². The lowest BCUT2D eigenvalue weighted by molar-refractivity contribution is -0.120. The number of amides is 1. The van der Waals surface area contributed by atoms with Crippen LogP contribution >= 0.6 is 0 Å². The lowest BCUT2D eigenvalue weighted by Crippen LogP contribution is -2.44. The van der Waals surface area contributed by atoms with Gasteiger partial charge < -0.3 is 10.1 Å². The predicted molar refractivity (Wildman–Crippen MR) is 66.3 cm³/mol. The average Bonchev–Trinajstić information content (AvgIpc) is 2.38. The Bertz CT molecular complexity index is 354. The van der Waals surface area contributed by atoms with Crippen molar-refractivity contribution in [1.29, 1.82) is 0 Å². The Morgan fingerprint density at radius 3 is 2.61 bits per heavy atom. The predicted octanol–water partition coefficient (Wildman–Crippen LogP) is -2.51. The van der Waals surface area contributed by atoms with Gasteiger partial charge in [0, 0.05) is 33.2 Å². The van der Waals surface area contributed by atoms with E-state index in [-0.39, 0.29) is 12.5 Å². The summed E-state index contributed by atoms with van der Waals surface area (Å²) in [6.07, 6.45) is 0. The van der Waals surface area contributed by atoms with Crippen molar-refractivity contribution in [2.24, 2.45) is 0 Å². The van der Waals surface area contributed by atoms with E-state index in [0.717, 1.165) is 32.8 Å². The molecule has 0 spiro atoms. The smallest absolute Gasteiger partial charge is 0.277 e. The lowest BCUT2D eigenvalue weighted by Gasteiger charge is -2.26. The standard InChI is InChI=1S/C9H20N4O4S/c1-10-18(15,16)12-8-9(14)11-2-3-13-4-6-17-7-5-13/h10,12H,2-8H2,1H3,(H,11,14). The summed E-state index contributed by atoms with van der Waals surface area (Å²) in [5.41, 5.74) is 0. The maximum Gasteiger partial charge on any atom is 0.277 e. The molecule has 0 bridgehead atoms. The minimum Gasteiger partial charge on any atom is -0.379 e. The molecule has 0 unspecified atom stereocenters. The summed E-state index contributed by atoms with van der Waals surface area (Å²) < 4.78 is 31.4. The summed E-state index contributed by atoms with van der Waals surface area (Å²) in [5.74, 6) is -0.345. The van der Waals surface area contributed by atoms with Crippen LogP contribution in [0.4, 0.5) is 0 Å². The lowest BCUT2D eigenvalue weighted by atomic mass is 10.4. The normalized spacial score (nSPS) is 17.6. The third-order valence-corrected chi connectivity index (χ3v) is 3.61. The van der Waals surface area contributed by atoms with Crippen LogP contribution in [0.25, 0.3) is 0 Å². The molecule has 0 saturated carbocycles. The number of carbonyl (C=O) groups is 1. The van der Waals surface area contributed by atoms with Crippen molar-refractivity contribution in [2.45, 2.75) is 0 Å². The van der Waals surface area contributed by atoms with Crippen LogP contribution in [0.3, 0.4) is 0 Å². The van der Waals surface area contributed by atoms with Crippen LogP contribution in [0.15, 0.2) is 0 Å². The molecule has 0 aromatic carbocycles. The molecule has 1 aliphatic rings. The third kappa shape index (κ3) is 6.26. The Morgan fingerprint density at radius 2 is 2.00 bits per heavy atom. The zero-order valence-corrected chi connectivity index (χ0v) is 11.3. The van der Waals surface area contributed by atoms with E-state index < -0.39 is 10.2 Å². The molecule has 1 saturated heterocycles. The molecule has 8 nitrogen and oxygen atoms in total. The van der Waals surface area contributed by atoms with Crippen molar-refractivity contribution in [3.8, 4) is 0 Å². The van der Waals surface area contributed by atoms with E-state index in [2.05, 4.69) is 19.7 Å². The first-order valence-corrected chi connectivity index (χ1v) is 7.27. The molecule has 9 heteroatoms. The van der Waals surface area contributed by atoms with Crippen molar-refractivity contribution in [1.82, 2.24) is 19.7 Å². The van der Waals surface area contributed by atoms with Gasteiger partial charge in [0.05, 0.1) is 19.8 Å². The largest absolute Gasteiger partial charge is 0.379 e. The fourth-order valence-electron chi connectivity index (χ4n) is 1.47. The van der Waals surface area contributed by atoms with Gasteiger partial charge in [-0.15, -0.1) is 0 Å². The van der Waals surface area contributed by atoms with Crippen molar-refractivity contribution in [2.75, 3.05) is 53.0 Å². The number of hydrogen-bond acceptors (Lipinski definition) is 5. The fourth-order valence-corrected chi connectivity index (χ4v) is 1.94. The Labute approximate surface area is 107 Å². The van der Waals surface area contributed by atoms with E-state index in [4.69, 9.17) is 4.74 Å². The average molecular weight is 280 g/mol. The van der Waals surface area contributed by atoms with E-state index in [1.807, 2.05) is 0 Å². The quantitative estimate of drug-likeness (QED) is 0.478. The van der Waals surface area contributed by atoms with Gasteiger partial charge in [-0.25, -0.2) is 4.72 Å². The van der Waals surface area contributed by atoms with E-state index in [1.165, 1.54) is 7.05 Å². The number of nitrogens with one attached hydrogen (secondary N) is 3. The number of hydrogen-bond donors (Lipinski definition) is 3. The molecule has 1 rings (SSSR count). The summed E-state index contributed by atoms with van der Waals surface area (Å²) in [6.45, 7) is 4.15. The first kappa shape index (κ1) is 15.3. The topological polar surface area (TPSA) is 99.8 Å². The molecule has 1 aliphatic heterocycles. The molecule has 0 aromatic heterocycles. The maximum atomic E-state index is 11.3. The van der Waals surface area contributed by atoms with Crippen LogP contribution in [0.5, 0.6) is 0 Å². The van der Waals surface area contributed by atoms with Crippen LogP contribution in [0, 0.1) is 0 Å². The molecule has 1 amide bonds. The maximum absolute atomic E-state index is 11.3. The van der Waals surface area contributed by atoms with Crippen LogP contribution in [-0.4, -0.2) is 72.2 Å². The van der Waals surface area contributed by atoms with Gasteiger partial charge in [-0.3, -0.25) is 9.69 Å². The highest BCUT2D eigenvalue weighted by molar-refractivity contribution is 7.87. The first-order chi connectivity index (χ1) is 8.53. The monoisotopic (exact) mass is 280 g/mol. The van der Waals surface area contributed by atoms with Crippen LogP contribution in [0.1, 0.15) is 0 Å². The highest BCUT2D eigenvalue weighted by atomic mass is 32.2. The molecule has 3 N–H and O–H groups in total. The number of nitrogens with zero attached hydrogens (tertiary/aromatic N) is 1. The van der Waals surface area contributed by atoms with Gasteiger partial charge in [0.25, 0.3) is 10.2 Å². The SMILES string of the molecule is CNS(=O)(=O)NCC(=O)NCCN1CCOCC1. The Balaban J connectivity index is 2.09. The van der Waals surface area contributed by atoms with E-state index in [9.17, 15) is 13.2 Å².